The second-order valence-electron chi connectivity index (χ2n) is 4.58. The zero-order chi connectivity index (χ0) is 12.8. The number of hydrogen-bond donors (Lipinski definition) is 1. The maximum Gasteiger partial charge on any atom is 0.192 e. The first-order chi connectivity index (χ1) is 8.74. The van der Waals surface area contributed by atoms with E-state index < -0.39 is 5.79 Å². The fourth-order valence-electron chi connectivity index (χ4n) is 2.01. The molecule has 2 rings (SSSR count). The Morgan fingerprint density at radius 3 is 2.89 bits per heavy atom. The van der Waals surface area contributed by atoms with Crippen molar-refractivity contribution in [3.63, 3.8) is 0 Å². The summed E-state index contributed by atoms with van der Waals surface area (Å²) >= 11 is 1.89. The minimum absolute atomic E-state index is 0.179. The lowest BCUT2D eigenvalue weighted by Crippen LogP contribution is -2.24. The molecule has 1 aliphatic rings. The molecule has 2 N–H and O–H groups in total. The van der Waals surface area contributed by atoms with Crippen LogP contribution in [0.2, 0.25) is 0 Å². The summed E-state index contributed by atoms with van der Waals surface area (Å²) in [5.74, 6) is 1.49. The third-order valence-electron chi connectivity index (χ3n) is 3.03. The molecule has 4 heteroatoms. The van der Waals surface area contributed by atoms with Crippen LogP contribution in [0.15, 0.2) is 30.3 Å². The Morgan fingerprint density at radius 2 is 2.17 bits per heavy atom. The highest BCUT2D eigenvalue weighted by Gasteiger charge is 2.38. The molecule has 18 heavy (non-hydrogen) atoms. The van der Waals surface area contributed by atoms with E-state index in [1.807, 2.05) is 49.0 Å². The van der Waals surface area contributed by atoms with Crippen LogP contribution >= 0.6 is 11.8 Å². The SMILES string of the molecule is CC1(c2ccccc2)OCC(CSCCCN)O1. The van der Waals surface area contributed by atoms with Gasteiger partial charge in [-0.15, -0.1) is 0 Å². The van der Waals surface area contributed by atoms with Crippen molar-refractivity contribution in [2.75, 3.05) is 24.7 Å². The van der Waals surface area contributed by atoms with E-state index in [4.69, 9.17) is 15.2 Å². The van der Waals surface area contributed by atoms with Gasteiger partial charge < -0.3 is 15.2 Å². The molecule has 0 radical (unpaired) electrons. The summed E-state index contributed by atoms with van der Waals surface area (Å²) in [6, 6.07) is 10.1. The molecule has 0 amide bonds. The Morgan fingerprint density at radius 1 is 1.39 bits per heavy atom. The van der Waals surface area contributed by atoms with E-state index in [9.17, 15) is 0 Å². The molecule has 1 heterocycles. The zero-order valence-corrected chi connectivity index (χ0v) is 11.6. The van der Waals surface area contributed by atoms with Gasteiger partial charge >= 0.3 is 0 Å². The van der Waals surface area contributed by atoms with Crippen LogP contribution in [0.25, 0.3) is 0 Å². The molecule has 1 aromatic rings. The minimum Gasteiger partial charge on any atom is -0.343 e. The summed E-state index contributed by atoms with van der Waals surface area (Å²) in [7, 11) is 0. The van der Waals surface area contributed by atoms with E-state index in [2.05, 4.69) is 0 Å². The highest BCUT2D eigenvalue weighted by Crippen LogP contribution is 2.34. The second kappa shape index (κ2) is 6.57. The molecule has 2 unspecified atom stereocenters. The number of nitrogens with two attached hydrogens (primary N) is 1. The Bertz CT molecular complexity index is 360. The monoisotopic (exact) mass is 267 g/mol. The molecule has 1 aromatic carbocycles. The quantitative estimate of drug-likeness (QED) is 0.804. The van der Waals surface area contributed by atoms with Gasteiger partial charge in [0.25, 0.3) is 0 Å². The number of thioether (sulfide) groups is 1. The van der Waals surface area contributed by atoms with Gasteiger partial charge in [0.05, 0.1) is 12.7 Å². The van der Waals surface area contributed by atoms with E-state index in [1.54, 1.807) is 0 Å². The highest BCUT2D eigenvalue weighted by molar-refractivity contribution is 7.99. The molecule has 0 saturated carbocycles. The van der Waals surface area contributed by atoms with Crippen LogP contribution in [0, 0.1) is 0 Å². The first-order valence-corrected chi connectivity index (χ1v) is 7.55. The number of rotatable bonds is 6. The molecular formula is C14H21NO2S. The normalized spacial score (nSPS) is 27.6. The smallest absolute Gasteiger partial charge is 0.192 e. The van der Waals surface area contributed by atoms with E-state index in [0.29, 0.717) is 6.61 Å². The summed E-state index contributed by atoms with van der Waals surface area (Å²) < 4.78 is 11.9. The van der Waals surface area contributed by atoms with Crippen molar-refractivity contribution >= 4 is 11.8 Å². The molecule has 3 nitrogen and oxygen atoms in total. The van der Waals surface area contributed by atoms with E-state index in [0.717, 1.165) is 30.0 Å². The molecule has 0 aliphatic carbocycles. The van der Waals surface area contributed by atoms with Crippen LogP contribution in [0.3, 0.4) is 0 Å². The van der Waals surface area contributed by atoms with Gasteiger partial charge in [-0.1, -0.05) is 30.3 Å². The molecule has 0 bridgehead atoms. The molecule has 2 atom stereocenters. The number of hydrogen-bond acceptors (Lipinski definition) is 4. The molecular weight excluding hydrogens is 246 g/mol. The van der Waals surface area contributed by atoms with Crippen molar-refractivity contribution in [3.8, 4) is 0 Å². The van der Waals surface area contributed by atoms with Crippen molar-refractivity contribution in [2.24, 2.45) is 5.73 Å². The van der Waals surface area contributed by atoms with Gasteiger partial charge in [0.1, 0.15) is 0 Å². The van der Waals surface area contributed by atoms with Crippen molar-refractivity contribution < 1.29 is 9.47 Å². The fraction of sp³-hybridized carbons (Fsp3) is 0.571. The average Bonchev–Trinajstić information content (AvgIpc) is 2.79. The summed E-state index contributed by atoms with van der Waals surface area (Å²) in [6.45, 7) is 3.42. The Hall–Kier alpha value is -0.550. The Labute approximate surface area is 113 Å². The third-order valence-corrected chi connectivity index (χ3v) is 4.22. The topological polar surface area (TPSA) is 44.5 Å². The molecule has 1 aliphatic heterocycles. The van der Waals surface area contributed by atoms with Gasteiger partial charge in [0, 0.05) is 11.3 Å². The molecule has 0 spiro atoms. The lowest BCUT2D eigenvalue weighted by molar-refractivity contribution is -0.159. The number of ether oxygens (including phenoxy) is 2. The lowest BCUT2D eigenvalue weighted by atomic mass is 10.1. The Balaban J connectivity index is 1.84. The van der Waals surface area contributed by atoms with E-state index in [1.165, 1.54) is 0 Å². The summed E-state index contributed by atoms with van der Waals surface area (Å²) in [6.07, 6.45) is 1.24. The van der Waals surface area contributed by atoms with Crippen LogP contribution in [0.5, 0.6) is 0 Å². The summed E-state index contributed by atoms with van der Waals surface area (Å²) in [5, 5.41) is 0. The molecule has 1 saturated heterocycles. The van der Waals surface area contributed by atoms with Gasteiger partial charge in [-0.3, -0.25) is 0 Å². The second-order valence-corrected chi connectivity index (χ2v) is 5.73. The fourth-order valence-corrected chi connectivity index (χ4v) is 2.98. The first kappa shape index (κ1) is 13.9. The van der Waals surface area contributed by atoms with Gasteiger partial charge in [0.2, 0.25) is 0 Å². The largest absolute Gasteiger partial charge is 0.343 e. The van der Waals surface area contributed by atoms with Gasteiger partial charge in [-0.25, -0.2) is 0 Å². The van der Waals surface area contributed by atoms with E-state index >= 15 is 0 Å². The first-order valence-electron chi connectivity index (χ1n) is 6.40. The van der Waals surface area contributed by atoms with Crippen molar-refractivity contribution in [1.29, 1.82) is 0 Å². The summed E-state index contributed by atoms with van der Waals surface area (Å²) in [5.41, 5.74) is 6.56. The maximum atomic E-state index is 6.04. The Kier molecular flexibility index (Phi) is 5.06. The van der Waals surface area contributed by atoms with Crippen LogP contribution in [-0.4, -0.2) is 30.8 Å². The third kappa shape index (κ3) is 3.48. The van der Waals surface area contributed by atoms with Gasteiger partial charge in [-0.2, -0.15) is 11.8 Å². The van der Waals surface area contributed by atoms with Crippen molar-refractivity contribution in [3.05, 3.63) is 35.9 Å². The van der Waals surface area contributed by atoms with Gasteiger partial charge in [0.15, 0.2) is 5.79 Å². The van der Waals surface area contributed by atoms with Crippen molar-refractivity contribution in [2.45, 2.75) is 25.2 Å². The predicted molar refractivity (Wildman–Crippen MR) is 75.6 cm³/mol. The van der Waals surface area contributed by atoms with Crippen LogP contribution in [0.4, 0.5) is 0 Å². The predicted octanol–water partition coefficient (Wildman–Crippen LogP) is 2.36. The lowest BCUT2D eigenvalue weighted by Gasteiger charge is -2.23. The van der Waals surface area contributed by atoms with Crippen LogP contribution < -0.4 is 5.73 Å². The zero-order valence-electron chi connectivity index (χ0n) is 10.8. The minimum atomic E-state index is -0.583. The summed E-state index contributed by atoms with van der Waals surface area (Å²) in [4.78, 5) is 0. The van der Waals surface area contributed by atoms with Crippen molar-refractivity contribution in [1.82, 2.24) is 0 Å². The van der Waals surface area contributed by atoms with E-state index in [-0.39, 0.29) is 6.10 Å². The van der Waals surface area contributed by atoms with Crippen LogP contribution in [0.1, 0.15) is 18.9 Å². The maximum absolute atomic E-state index is 6.04. The van der Waals surface area contributed by atoms with Crippen LogP contribution in [-0.2, 0) is 15.3 Å². The highest BCUT2D eigenvalue weighted by atomic mass is 32.2. The standard InChI is InChI=1S/C14H21NO2S/c1-14(12-6-3-2-4-7-12)16-10-13(17-14)11-18-9-5-8-15/h2-4,6-7,13H,5,8-11,15H2,1H3. The number of benzene rings is 1. The molecule has 0 aromatic heterocycles. The van der Waals surface area contributed by atoms with Gasteiger partial charge in [-0.05, 0) is 25.6 Å². The molecule has 1 fully saturated rings. The molecule has 100 valence electrons. The average molecular weight is 267 g/mol.